The number of aryl methyl sites for hydroxylation is 1. The van der Waals surface area contributed by atoms with Crippen LogP contribution in [0.25, 0.3) is 0 Å². The summed E-state index contributed by atoms with van der Waals surface area (Å²) in [6.45, 7) is 9.07. The summed E-state index contributed by atoms with van der Waals surface area (Å²) >= 11 is 0. The number of nitrogens with zero attached hydrogens (tertiary/aromatic N) is 2. The van der Waals surface area contributed by atoms with E-state index in [9.17, 15) is 0 Å². The monoisotopic (exact) mass is 462 g/mol. The molecule has 0 saturated carbocycles. The van der Waals surface area contributed by atoms with E-state index in [0.717, 1.165) is 63.5 Å². The molecule has 1 aliphatic heterocycles. The van der Waals surface area contributed by atoms with E-state index in [2.05, 4.69) is 15.2 Å². The zero-order chi connectivity index (χ0) is 17.0. The number of guanidine groups is 1. The molecule has 0 atom stereocenters. The predicted molar refractivity (Wildman–Crippen MR) is 113 cm³/mol. The molecule has 142 valence electrons. The Balaban J connectivity index is 0.00000312. The van der Waals surface area contributed by atoms with Gasteiger partial charge in [0.05, 0.1) is 19.8 Å². The highest BCUT2D eigenvalue weighted by Gasteiger charge is 2.08. The molecule has 1 fully saturated rings. The van der Waals surface area contributed by atoms with Crippen LogP contribution in [0.15, 0.2) is 29.3 Å². The Kier molecular flexibility index (Phi) is 11.6. The molecule has 1 saturated heterocycles. The number of halogens is 1. The Hall–Kier alpha value is -1.06. The lowest BCUT2D eigenvalue weighted by molar-refractivity contribution is 0.0376. The summed E-state index contributed by atoms with van der Waals surface area (Å²) in [7, 11) is 0. The van der Waals surface area contributed by atoms with Crippen LogP contribution in [-0.4, -0.2) is 63.4 Å². The van der Waals surface area contributed by atoms with Gasteiger partial charge in [-0.3, -0.25) is 9.89 Å². The van der Waals surface area contributed by atoms with Crippen LogP contribution < -0.4 is 15.8 Å². The molecule has 2 rings (SSSR count). The molecule has 0 spiro atoms. The van der Waals surface area contributed by atoms with Crippen molar-refractivity contribution >= 4 is 29.9 Å². The molecule has 1 heterocycles. The van der Waals surface area contributed by atoms with Crippen molar-refractivity contribution in [3.05, 3.63) is 29.8 Å². The number of para-hydroxylation sites is 1. The third-order valence-electron chi connectivity index (χ3n) is 4.00. The average Bonchev–Trinajstić information content (AvgIpc) is 2.61. The normalized spacial score (nSPS) is 15.5. The Morgan fingerprint density at radius 3 is 2.80 bits per heavy atom. The minimum Gasteiger partial charge on any atom is -0.493 e. The van der Waals surface area contributed by atoms with Crippen molar-refractivity contribution in [1.29, 1.82) is 0 Å². The average molecular weight is 462 g/mol. The van der Waals surface area contributed by atoms with Gasteiger partial charge in [-0.05, 0) is 31.5 Å². The maximum Gasteiger partial charge on any atom is 0.188 e. The molecule has 0 radical (unpaired) electrons. The van der Waals surface area contributed by atoms with E-state index < -0.39 is 0 Å². The van der Waals surface area contributed by atoms with Crippen LogP contribution in [0.2, 0.25) is 0 Å². The maximum absolute atomic E-state index is 5.87. The van der Waals surface area contributed by atoms with Crippen molar-refractivity contribution < 1.29 is 9.47 Å². The first-order chi connectivity index (χ1) is 11.8. The smallest absolute Gasteiger partial charge is 0.188 e. The van der Waals surface area contributed by atoms with Crippen molar-refractivity contribution in [3.8, 4) is 5.75 Å². The molecule has 0 aromatic heterocycles. The summed E-state index contributed by atoms with van der Waals surface area (Å²) in [5, 5.41) is 3.17. The van der Waals surface area contributed by atoms with E-state index in [1.807, 2.05) is 31.2 Å². The Bertz CT molecular complexity index is 508. The van der Waals surface area contributed by atoms with E-state index in [0.29, 0.717) is 19.1 Å². The van der Waals surface area contributed by atoms with E-state index in [-0.39, 0.29) is 24.0 Å². The minimum atomic E-state index is 0. The number of hydrogen-bond donors (Lipinski definition) is 2. The van der Waals surface area contributed by atoms with E-state index in [1.54, 1.807) is 0 Å². The molecular formula is C18H31IN4O2. The minimum absolute atomic E-state index is 0. The molecule has 6 nitrogen and oxygen atoms in total. The van der Waals surface area contributed by atoms with Crippen LogP contribution in [0.4, 0.5) is 0 Å². The molecule has 3 N–H and O–H groups in total. The second-order valence-electron chi connectivity index (χ2n) is 5.97. The van der Waals surface area contributed by atoms with Gasteiger partial charge < -0.3 is 20.5 Å². The van der Waals surface area contributed by atoms with E-state index >= 15 is 0 Å². The highest BCUT2D eigenvalue weighted by molar-refractivity contribution is 14.0. The third kappa shape index (κ3) is 9.27. The molecule has 1 aromatic carbocycles. The van der Waals surface area contributed by atoms with Gasteiger partial charge in [-0.15, -0.1) is 24.0 Å². The van der Waals surface area contributed by atoms with E-state index in [1.165, 1.54) is 0 Å². The van der Waals surface area contributed by atoms with Gasteiger partial charge in [-0.2, -0.15) is 0 Å². The van der Waals surface area contributed by atoms with Gasteiger partial charge in [0.15, 0.2) is 5.96 Å². The molecule has 0 bridgehead atoms. The highest BCUT2D eigenvalue weighted by Crippen LogP contribution is 2.16. The Morgan fingerprint density at radius 2 is 2.04 bits per heavy atom. The van der Waals surface area contributed by atoms with Crippen LogP contribution in [0.5, 0.6) is 5.75 Å². The fraction of sp³-hybridized carbons (Fsp3) is 0.611. The lowest BCUT2D eigenvalue weighted by atomic mass is 10.2. The molecule has 7 heteroatoms. The van der Waals surface area contributed by atoms with Gasteiger partial charge >= 0.3 is 0 Å². The van der Waals surface area contributed by atoms with Gasteiger partial charge in [0, 0.05) is 32.6 Å². The fourth-order valence-corrected chi connectivity index (χ4v) is 2.56. The first-order valence-corrected chi connectivity index (χ1v) is 8.78. The number of morpholine rings is 1. The second-order valence-corrected chi connectivity index (χ2v) is 5.97. The third-order valence-corrected chi connectivity index (χ3v) is 4.00. The molecule has 25 heavy (non-hydrogen) atoms. The molecule has 1 aromatic rings. The quantitative estimate of drug-likeness (QED) is 0.254. The topological polar surface area (TPSA) is 72.1 Å². The lowest BCUT2D eigenvalue weighted by Gasteiger charge is -2.26. The van der Waals surface area contributed by atoms with Crippen molar-refractivity contribution in [2.24, 2.45) is 10.7 Å². The van der Waals surface area contributed by atoms with Crippen LogP contribution in [0.3, 0.4) is 0 Å². The van der Waals surface area contributed by atoms with E-state index in [4.69, 9.17) is 15.2 Å². The number of aliphatic imine (C=N–C) groups is 1. The van der Waals surface area contributed by atoms with Gasteiger partial charge in [0.25, 0.3) is 0 Å². The summed E-state index contributed by atoms with van der Waals surface area (Å²) in [6.07, 6.45) is 1.91. The first kappa shape index (κ1) is 22.0. The maximum atomic E-state index is 5.87. The summed E-state index contributed by atoms with van der Waals surface area (Å²) in [5.74, 6) is 1.46. The zero-order valence-corrected chi connectivity index (χ0v) is 17.4. The number of ether oxygens (including phenoxy) is 2. The van der Waals surface area contributed by atoms with Crippen LogP contribution >= 0.6 is 24.0 Å². The predicted octanol–water partition coefficient (Wildman–Crippen LogP) is 2.01. The largest absolute Gasteiger partial charge is 0.493 e. The Labute approximate surface area is 168 Å². The summed E-state index contributed by atoms with van der Waals surface area (Å²) in [4.78, 5) is 6.75. The van der Waals surface area contributed by atoms with Gasteiger partial charge in [-0.25, -0.2) is 0 Å². The Morgan fingerprint density at radius 1 is 1.28 bits per heavy atom. The lowest BCUT2D eigenvalue weighted by Crippen LogP contribution is -2.39. The standard InChI is InChI=1S/C18H30N4O2.HI/c1-16-6-2-3-7-17(16)24-13-5-9-21-18(19)20-8-4-10-22-11-14-23-15-12-22;/h2-3,6-7H,4-5,8-15H2,1H3,(H3,19,20,21);1H. The second kappa shape index (κ2) is 13.2. The van der Waals surface area contributed by atoms with Gasteiger partial charge in [0.2, 0.25) is 0 Å². The molecule has 1 aliphatic rings. The first-order valence-electron chi connectivity index (χ1n) is 8.78. The number of nitrogens with one attached hydrogen (secondary N) is 1. The number of hydrogen-bond acceptors (Lipinski definition) is 4. The van der Waals surface area contributed by atoms with Crippen LogP contribution in [0, 0.1) is 6.92 Å². The molecule has 0 amide bonds. The van der Waals surface area contributed by atoms with Crippen molar-refractivity contribution in [2.45, 2.75) is 19.8 Å². The van der Waals surface area contributed by atoms with Gasteiger partial charge in [0.1, 0.15) is 5.75 Å². The van der Waals surface area contributed by atoms with Crippen molar-refractivity contribution in [3.63, 3.8) is 0 Å². The summed E-state index contributed by atoms with van der Waals surface area (Å²) < 4.78 is 11.1. The van der Waals surface area contributed by atoms with Crippen molar-refractivity contribution in [2.75, 3.05) is 52.5 Å². The van der Waals surface area contributed by atoms with Crippen LogP contribution in [-0.2, 0) is 4.74 Å². The fourth-order valence-electron chi connectivity index (χ4n) is 2.56. The molecule has 0 aliphatic carbocycles. The number of benzene rings is 1. The summed E-state index contributed by atoms with van der Waals surface area (Å²) in [6, 6.07) is 8.03. The number of rotatable bonds is 9. The molecular weight excluding hydrogens is 431 g/mol. The van der Waals surface area contributed by atoms with Gasteiger partial charge in [-0.1, -0.05) is 18.2 Å². The summed E-state index contributed by atoms with van der Waals surface area (Å²) in [5.41, 5.74) is 7.03. The SMILES string of the molecule is Cc1ccccc1OCCCN=C(N)NCCCN1CCOCC1.I. The van der Waals surface area contributed by atoms with Crippen LogP contribution in [0.1, 0.15) is 18.4 Å². The highest BCUT2D eigenvalue weighted by atomic mass is 127. The van der Waals surface area contributed by atoms with Crippen molar-refractivity contribution in [1.82, 2.24) is 10.2 Å². The zero-order valence-electron chi connectivity index (χ0n) is 15.1. The molecule has 0 unspecified atom stereocenters. The number of nitrogens with two attached hydrogens (primary N) is 1.